The molecule has 0 aromatic heterocycles. The number of methoxy groups -OCH3 is 1. The van der Waals surface area contributed by atoms with E-state index < -0.39 is 0 Å². The van der Waals surface area contributed by atoms with Crippen LogP contribution >= 0.6 is 0 Å². The van der Waals surface area contributed by atoms with Crippen LogP contribution in [0.25, 0.3) is 0 Å². The molecule has 1 rings (SSSR count). The minimum absolute atomic E-state index is 0.00831. The Morgan fingerprint density at radius 2 is 2.29 bits per heavy atom. The second-order valence-corrected chi connectivity index (χ2v) is 3.74. The van der Waals surface area contributed by atoms with Crippen LogP contribution in [0.3, 0.4) is 0 Å². The second kappa shape index (κ2) is 5.98. The van der Waals surface area contributed by atoms with Gasteiger partial charge in [0.1, 0.15) is 0 Å². The molecule has 82 valence electrons. The van der Waals surface area contributed by atoms with Crippen LogP contribution in [-0.2, 0) is 9.53 Å². The molecule has 1 aliphatic rings. The van der Waals surface area contributed by atoms with Crippen molar-refractivity contribution in [2.75, 3.05) is 26.9 Å². The monoisotopic (exact) mass is 200 g/mol. The van der Waals surface area contributed by atoms with Crippen LogP contribution in [0.2, 0.25) is 0 Å². The third-order valence-corrected chi connectivity index (χ3v) is 2.55. The molecule has 0 bridgehead atoms. The number of unbranched alkanes of at least 4 members (excludes halogenated alkanes) is 2. The van der Waals surface area contributed by atoms with Crippen molar-refractivity contribution in [2.45, 2.75) is 32.2 Å². The summed E-state index contributed by atoms with van der Waals surface area (Å²) in [5.74, 6) is 0.233. The third kappa shape index (κ3) is 3.27. The fraction of sp³-hybridized carbons (Fsp3) is 0.900. The van der Waals surface area contributed by atoms with E-state index in [2.05, 4.69) is 5.32 Å². The molecule has 4 heteroatoms. The first-order valence-electron chi connectivity index (χ1n) is 5.27. The van der Waals surface area contributed by atoms with Crippen LogP contribution in [0.15, 0.2) is 0 Å². The molecule has 0 aliphatic carbocycles. The van der Waals surface area contributed by atoms with Gasteiger partial charge in [-0.2, -0.15) is 0 Å². The van der Waals surface area contributed by atoms with Gasteiger partial charge in [0.15, 0.2) is 0 Å². The summed E-state index contributed by atoms with van der Waals surface area (Å²) in [4.78, 5) is 13.4. The number of amides is 1. The molecule has 0 aromatic carbocycles. The van der Waals surface area contributed by atoms with E-state index >= 15 is 0 Å². The zero-order chi connectivity index (χ0) is 10.4. The lowest BCUT2D eigenvalue weighted by atomic mass is 10.2. The number of hydrogen-bond acceptors (Lipinski definition) is 3. The Bertz CT molecular complexity index is 185. The van der Waals surface area contributed by atoms with Crippen LogP contribution < -0.4 is 5.32 Å². The van der Waals surface area contributed by atoms with Crippen molar-refractivity contribution in [3.8, 4) is 0 Å². The molecule has 1 N–H and O–H groups in total. The fourth-order valence-electron chi connectivity index (χ4n) is 1.60. The lowest BCUT2D eigenvalue weighted by Crippen LogP contribution is -2.29. The molecule has 1 fully saturated rings. The molecular weight excluding hydrogens is 180 g/mol. The normalized spacial score (nSPS) is 22.0. The third-order valence-electron chi connectivity index (χ3n) is 2.55. The highest BCUT2D eigenvalue weighted by Gasteiger charge is 2.26. The SMILES string of the molecule is COCCCCCN1CNC(C)C1=O. The lowest BCUT2D eigenvalue weighted by molar-refractivity contribution is -0.128. The molecule has 1 aliphatic heterocycles. The van der Waals surface area contributed by atoms with Gasteiger partial charge in [0.25, 0.3) is 0 Å². The number of ether oxygens (including phenoxy) is 1. The smallest absolute Gasteiger partial charge is 0.240 e. The quantitative estimate of drug-likeness (QED) is 0.638. The maximum Gasteiger partial charge on any atom is 0.240 e. The lowest BCUT2D eigenvalue weighted by Gasteiger charge is -2.14. The van der Waals surface area contributed by atoms with Gasteiger partial charge in [-0.05, 0) is 26.2 Å². The predicted octanol–water partition coefficient (Wildman–Crippen LogP) is 0.581. The van der Waals surface area contributed by atoms with Crippen LogP contribution in [0, 0.1) is 0 Å². The maximum atomic E-state index is 11.5. The molecule has 1 heterocycles. The Labute approximate surface area is 85.6 Å². The fourth-order valence-corrected chi connectivity index (χ4v) is 1.60. The zero-order valence-corrected chi connectivity index (χ0v) is 9.08. The van der Waals surface area contributed by atoms with Gasteiger partial charge >= 0.3 is 0 Å². The van der Waals surface area contributed by atoms with Gasteiger partial charge in [0, 0.05) is 20.3 Å². The summed E-state index contributed by atoms with van der Waals surface area (Å²) in [7, 11) is 1.72. The van der Waals surface area contributed by atoms with Gasteiger partial charge in [-0.3, -0.25) is 10.1 Å². The van der Waals surface area contributed by atoms with E-state index in [4.69, 9.17) is 4.74 Å². The zero-order valence-electron chi connectivity index (χ0n) is 9.08. The summed E-state index contributed by atoms with van der Waals surface area (Å²) >= 11 is 0. The van der Waals surface area contributed by atoms with Gasteiger partial charge in [0.05, 0.1) is 12.7 Å². The summed E-state index contributed by atoms with van der Waals surface area (Å²) in [5.41, 5.74) is 0. The van der Waals surface area contributed by atoms with Gasteiger partial charge in [-0.15, -0.1) is 0 Å². The van der Waals surface area contributed by atoms with Crippen molar-refractivity contribution < 1.29 is 9.53 Å². The van der Waals surface area contributed by atoms with E-state index in [0.717, 1.165) is 32.4 Å². The summed E-state index contributed by atoms with van der Waals surface area (Å²) in [6.45, 7) is 4.32. The number of rotatable bonds is 6. The molecule has 1 atom stereocenters. The Kier molecular flexibility index (Phi) is 4.90. The first kappa shape index (κ1) is 11.5. The highest BCUT2D eigenvalue weighted by Crippen LogP contribution is 2.05. The average molecular weight is 200 g/mol. The van der Waals surface area contributed by atoms with Crippen molar-refractivity contribution in [2.24, 2.45) is 0 Å². The van der Waals surface area contributed by atoms with E-state index in [1.165, 1.54) is 0 Å². The molecule has 1 saturated heterocycles. The molecule has 14 heavy (non-hydrogen) atoms. The van der Waals surface area contributed by atoms with E-state index in [0.29, 0.717) is 6.67 Å². The number of carbonyl (C=O) groups is 1. The van der Waals surface area contributed by atoms with Crippen LogP contribution in [-0.4, -0.2) is 43.8 Å². The van der Waals surface area contributed by atoms with E-state index in [-0.39, 0.29) is 11.9 Å². The first-order valence-corrected chi connectivity index (χ1v) is 5.27. The molecule has 0 spiro atoms. The van der Waals surface area contributed by atoms with Crippen molar-refractivity contribution in [1.29, 1.82) is 0 Å². The molecular formula is C10H20N2O2. The van der Waals surface area contributed by atoms with E-state index in [1.54, 1.807) is 7.11 Å². The van der Waals surface area contributed by atoms with E-state index in [1.807, 2.05) is 11.8 Å². The highest BCUT2D eigenvalue weighted by atomic mass is 16.5. The van der Waals surface area contributed by atoms with Crippen molar-refractivity contribution in [3.05, 3.63) is 0 Å². The average Bonchev–Trinajstić information content (AvgIpc) is 2.49. The largest absolute Gasteiger partial charge is 0.385 e. The highest BCUT2D eigenvalue weighted by molar-refractivity contribution is 5.83. The summed E-state index contributed by atoms with van der Waals surface area (Å²) < 4.78 is 4.96. The van der Waals surface area contributed by atoms with Crippen molar-refractivity contribution in [1.82, 2.24) is 10.2 Å². The molecule has 0 saturated carbocycles. The van der Waals surface area contributed by atoms with Crippen LogP contribution in [0.5, 0.6) is 0 Å². The standard InChI is InChI=1S/C10H20N2O2/c1-9-10(13)12(8-11-9)6-4-3-5-7-14-2/h9,11H,3-8H2,1-2H3. The van der Waals surface area contributed by atoms with Gasteiger partial charge in [0.2, 0.25) is 5.91 Å². The van der Waals surface area contributed by atoms with Crippen LogP contribution in [0.1, 0.15) is 26.2 Å². The molecule has 1 amide bonds. The predicted molar refractivity (Wildman–Crippen MR) is 54.9 cm³/mol. The van der Waals surface area contributed by atoms with Crippen molar-refractivity contribution in [3.63, 3.8) is 0 Å². The molecule has 1 unspecified atom stereocenters. The number of nitrogens with zero attached hydrogens (tertiary/aromatic N) is 1. The Balaban J connectivity index is 2.04. The maximum absolute atomic E-state index is 11.5. The van der Waals surface area contributed by atoms with Gasteiger partial charge in [-0.1, -0.05) is 0 Å². The topological polar surface area (TPSA) is 41.6 Å². The number of carbonyl (C=O) groups excluding carboxylic acids is 1. The molecule has 0 radical (unpaired) electrons. The van der Waals surface area contributed by atoms with Crippen LogP contribution in [0.4, 0.5) is 0 Å². The summed E-state index contributed by atoms with van der Waals surface area (Å²) in [6.07, 6.45) is 3.29. The Hall–Kier alpha value is -0.610. The summed E-state index contributed by atoms with van der Waals surface area (Å²) in [6, 6.07) is 0.00831. The Morgan fingerprint density at radius 1 is 1.50 bits per heavy atom. The number of nitrogens with one attached hydrogen (secondary N) is 1. The van der Waals surface area contributed by atoms with Gasteiger partial charge < -0.3 is 9.64 Å². The minimum atomic E-state index is 0.00831. The number of hydrogen-bond donors (Lipinski definition) is 1. The molecule has 4 nitrogen and oxygen atoms in total. The molecule has 0 aromatic rings. The van der Waals surface area contributed by atoms with Gasteiger partial charge in [-0.25, -0.2) is 0 Å². The van der Waals surface area contributed by atoms with Crippen molar-refractivity contribution >= 4 is 5.91 Å². The van der Waals surface area contributed by atoms with E-state index in [9.17, 15) is 4.79 Å². The summed E-state index contributed by atoms with van der Waals surface area (Å²) in [5, 5.41) is 3.12. The minimum Gasteiger partial charge on any atom is -0.385 e. The Morgan fingerprint density at radius 3 is 2.86 bits per heavy atom. The first-order chi connectivity index (χ1) is 6.75. The second-order valence-electron chi connectivity index (χ2n) is 3.74.